The smallest absolute Gasteiger partial charge is 0.259 e. The number of amides is 1. The Labute approximate surface area is 189 Å². The molecule has 1 aliphatic rings. The summed E-state index contributed by atoms with van der Waals surface area (Å²) in [5, 5.41) is 6.32. The highest BCUT2D eigenvalue weighted by molar-refractivity contribution is 6.08. The number of ether oxygens (including phenoxy) is 1. The summed E-state index contributed by atoms with van der Waals surface area (Å²) < 4.78 is 5.76. The van der Waals surface area contributed by atoms with Gasteiger partial charge < -0.3 is 20.4 Å². The molecule has 3 aromatic rings. The van der Waals surface area contributed by atoms with E-state index in [9.17, 15) is 4.79 Å². The van der Waals surface area contributed by atoms with E-state index >= 15 is 0 Å². The van der Waals surface area contributed by atoms with E-state index < -0.39 is 0 Å². The molecule has 0 spiro atoms. The Balaban J connectivity index is 1.40. The molecule has 0 aromatic carbocycles. The second-order valence-corrected chi connectivity index (χ2v) is 8.04. The molecule has 0 saturated carbocycles. The lowest BCUT2D eigenvalue weighted by molar-refractivity contribution is 0.102. The minimum atomic E-state index is -0.203. The zero-order chi connectivity index (χ0) is 22.2. The molecular weight excluding hydrogens is 402 g/mol. The molecule has 168 valence electrons. The van der Waals surface area contributed by atoms with Gasteiger partial charge in [0, 0.05) is 29.7 Å². The van der Waals surface area contributed by atoms with Crippen LogP contribution in [0.4, 0.5) is 5.82 Å². The Morgan fingerprint density at radius 3 is 2.97 bits per heavy atom. The molecule has 4 rings (SSSR count). The molecule has 7 heteroatoms. The summed E-state index contributed by atoms with van der Waals surface area (Å²) >= 11 is 0. The number of H-pyrrole nitrogens is 1. The molecular formula is C25H31N5O2. The van der Waals surface area contributed by atoms with Crippen molar-refractivity contribution in [2.45, 2.75) is 45.4 Å². The van der Waals surface area contributed by atoms with Crippen LogP contribution in [-0.2, 0) is 12.8 Å². The van der Waals surface area contributed by atoms with Crippen molar-refractivity contribution in [3.8, 4) is 17.1 Å². The number of aryl methyl sites for hydroxylation is 2. The van der Waals surface area contributed by atoms with Gasteiger partial charge in [-0.2, -0.15) is 4.98 Å². The Morgan fingerprint density at radius 1 is 1.16 bits per heavy atom. The highest BCUT2D eigenvalue weighted by Gasteiger charge is 2.24. The first-order chi connectivity index (χ1) is 15.8. The SMILES string of the molecule is CCCCNCCCOc1cccc(NC(=O)c2c[nH]c3c2-c2ncccc2CCC3)n1. The number of aromatic amines is 1. The van der Waals surface area contributed by atoms with Crippen LogP contribution in [0.15, 0.2) is 42.7 Å². The molecule has 32 heavy (non-hydrogen) atoms. The number of hydrogen-bond donors (Lipinski definition) is 3. The Morgan fingerprint density at radius 2 is 2.06 bits per heavy atom. The van der Waals surface area contributed by atoms with E-state index in [-0.39, 0.29) is 5.91 Å². The summed E-state index contributed by atoms with van der Waals surface area (Å²) in [7, 11) is 0. The monoisotopic (exact) mass is 433 g/mol. The molecule has 0 saturated heterocycles. The minimum Gasteiger partial charge on any atom is -0.478 e. The average molecular weight is 434 g/mol. The maximum Gasteiger partial charge on any atom is 0.259 e. The van der Waals surface area contributed by atoms with Crippen LogP contribution in [0.2, 0.25) is 0 Å². The van der Waals surface area contributed by atoms with Gasteiger partial charge in [0.05, 0.1) is 17.9 Å². The van der Waals surface area contributed by atoms with Gasteiger partial charge in [0.2, 0.25) is 5.88 Å². The number of hydrogen-bond acceptors (Lipinski definition) is 5. The van der Waals surface area contributed by atoms with E-state index in [1.54, 1.807) is 18.5 Å². The highest BCUT2D eigenvalue weighted by atomic mass is 16.5. The number of nitrogens with one attached hydrogen (secondary N) is 3. The fourth-order valence-electron chi connectivity index (χ4n) is 3.98. The second-order valence-electron chi connectivity index (χ2n) is 8.04. The standard InChI is InChI=1S/C25H31N5O2/c1-2-3-13-26-14-7-16-32-22-12-5-11-21(29-22)30-25(31)19-17-28-20-10-4-8-18-9-6-15-27-24(18)23(19)20/h5-6,9,11-12,15,17,26,28H,2-4,7-8,10,13-14,16H2,1H3,(H,29,30,31). The molecule has 0 unspecified atom stereocenters. The van der Waals surface area contributed by atoms with Crippen molar-refractivity contribution < 1.29 is 9.53 Å². The van der Waals surface area contributed by atoms with Gasteiger partial charge >= 0.3 is 0 Å². The number of aromatic nitrogens is 3. The molecule has 0 bridgehead atoms. The van der Waals surface area contributed by atoms with Crippen LogP contribution in [-0.4, -0.2) is 40.6 Å². The molecule has 0 radical (unpaired) electrons. The fraction of sp³-hybridized carbons (Fsp3) is 0.400. The van der Waals surface area contributed by atoms with Gasteiger partial charge in [-0.15, -0.1) is 0 Å². The van der Waals surface area contributed by atoms with Crippen LogP contribution in [0.1, 0.15) is 54.2 Å². The third kappa shape index (κ3) is 5.34. The van der Waals surface area contributed by atoms with Crippen molar-refractivity contribution in [2.75, 3.05) is 25.0 Å². The largest absolute Gasteiger partial charge is 0.478 e. The lowest BCUT2D eigenvalue weighted by Crippen LogP contribution is -2.18. The molecule has 7 nitrogen and oxygen atoms in total. The van der Waals surface area contributed by atoms with Crippen LogP contribution in [0.3, 0.4) is 0 Å². The van der Waals surface area contributed by atoms with Gasteiger partial charge in [-0.25, -0.2) is 0 Å². The molecule has 0 aliphatic heterocycles. The zero-order valence-corrected chi connectivity index (χ0v) is 18.6. The summed E-state index contributed by atoms with van der Waals surface area (Å²) in [6.07, 6.45) is 9.73. The number of pyridine rings is 2. The molecule has 1 aliphatic carbocycles. The number of carbonyl (C=O) groups excluding carboxylic acids is 1. The van der Waals surface area contributed by atoms with E-state index in [0.29, 0.717) is 23.9 Å². The van der Waals surface area contributed by atoms with E-state index in [0.717, 1.165) is 55.7 Å². The molecule has 3 aromatic heterocycles. The maximum absolute atomic E-state index is 13.1. The molecule has 0 atom stereocenters. The second kappa shape index (κ2) is 10.9. The van der Waals surface area contributed by atoms with E-state index in [4.69, 9.17) is 4.74 Å². The van der Waals surface area contributed by atoms with Crippen molar-refractivity contribution in [3.63, 3.8) is 0 Å². The third-order valence-corrected chi connectivity index (χ3v) is 5.63. The Kier molecular flexibility index (Phi) is 7.51. The lowest BCUT2D eigenvalue weighted by atomic mass is 10.0. The number of unbranched alkanes of at least 4 members (excludes halogenated alkanes) is 1. The van der Waals surface area contributed by atoms with Crippen LogP contribution in [0, 0.1) is 0 Å². The quantitative estimate of drug-likeness (QED) is 0.413. The summed E-state index contributed by atoms with van der Waals surface area (Å²) in [4.78, 5) is 25.4. The molecule has 3 N–H and O–H groups in total. The molecule has 3 heterocycles. The summed E-state index contributed by atoms with van der Waals surface area (Å²) in [5.74, 6) is 0.778. The number of carbonyl (C=O) groups is 1. The number of rotatable bonds is 10. The van der Waals surface area contributed by atoms with Gasteiger partial charge in [-0.05, 0) is 62.9 Å². The third-order valence-electron chi connectivity index (χ3n) is 5.63. The minimum absolute atomic E-state index is 0.203. The number of nitrogens with zero attached hydrogens (tertiary/aromatic N) is 2. The van der Waals surface area contributed by atoms with Gasteiger partial charge in [0.15, 0.2) is 0 Å². The predicted molar refractivity (Wildman–Crippen MR) is 126 cm³/mol. The first-order valence-electron chi connectivity index (χ1n) is 11.5. The molecule has 0 fully saturated rings. The lowest BCUT2D eigenvalue weighted by Gasteiger charge is -2.10. The van der Waals surface area contributed by atoms with Crippen molar-refractivity contribution >= 4 is 11.7 Å². The van der Waals surface area contributed by atoms with Crippen LogP contribution in [0.25, 0.3) is 11.3 Å². The van der Waals surface area contributed by atoms with Crippen molar-refractivity contribution in [1.82, 2.24) is 20.3 Å². The summed E-state index contributed by atoms with van der Waals surface area (Å²) in [6, 6.07) is 9.46. The number of fused-ring (bicyclic) bond motifs is 3. The maximum atomic E-state index is 13.1. The van der Waals surface area contributed by atoms with Crippen molar-refractivity contribution in [3.05, 3.63) is 59.5 Å². The van der Waals surface area contributed by atoms with Crippen LogP contribution >= 0.6 is 0 Å². The average Bonchev–Trinajstić information content (AvgIpc) is 3.14. The summed E-state index contributed by atoms with van der Waals surface area (Å²) in [5.41, 5.74) is 4.62. The topological polar surface area (TPSA) is 91.9 Å². The van der Waals surface area contributed by atoms with E-state index in [1.807, 2.05) is 18.2 Å². The van der Waals surface area contributed by atoms with Gasteiger partial charge in [0.25, 0.3) is 5.91 Å². The van der Waals surface area contributed by atoms with Gasteiger partial charge in [-0.1, -0.05) is 25.5 Å². The van der Waals surface area contributed by atoms with Crippen LogP contribution < -0.4 is 15.4 Å². The van der Waals surface area contributed by atoms with Gasteiger partial charge in [-0.3, -0.25) is 9.78 Å². The predicted octanol–water partition coefficient (Wildman–Crippen LogP) is 4.37. The molecule has 1 amide bonds. The Hall–Kier alpha value is -3.19. The first-order valence-corrected chi connectivity index (χ1v) is 11.5. The Bertz CT molecular complexity index is 1050. The van der Waals surface area contributed by atoms with E-state index in [2.05, 4.69) is 38.6 Å². The van der Waals surface area contributed by atoms with Crippen molar-refractivity contribution in [2.24, 2.45) is 0 Å². The summed E-state index contributed by atoms with van der Waals surface area (Å²) in [6.45, 7) is 4.73. The highest BCUT2D eigenvalue weighted by Crippen LogP contribution is 2.33. The van der Waals surface area contributed by atoms with Crippen molar-refractivity contribution in [1.29, 1.82) is 0 Å². The number of anilines is 1. The zero-order valence-electron chi connectivity index (χ0n) is 18.6. The van der Waals surface area contributed by atoms with E-state index in [1.165, 1.54) is 18.4 Å². The first kappa shape index (κ1) is 22.0. The normalized spacial score (nSPS) is 12.5. The van der Waals surface area contributed by atoms with Gasteiger partial charge in [0.1, 0.15) is 5.82 Å². The van der Waals surface area contributed by atoms with Crippen LogP contribution in [0.5, 0.6) is 5.88 Å². The fourth-order valence-corrected chi connectivity index (χ4v) is 3.98.